The molecule has 0 saturated carbocycles. The molecule has 4 atom stereocenters. The maximum atomic E-state index is 16.1. The number of imidazole rings is 1. The van der Waals surface area contributed by atoms with E-state index in [2.05, 4.69) is 10.3 Å². The Morgan fingerprint density at radius 3 is 2.67 bits per heavy atom. The molecule has 1 fully saturated rings. The lowest BCUT2D eigenvalue weighted by Crippen LogP contribution is -2.47. The fraction of sp³-hybridized carbons (Fsp3) is 0.429. The number of rotatable bonds is 6. The number of nitrogens with one attached hydrogen (secondary N) is 1. The molecule has 3 unspecified atom stereocenters. The van der Waals surface area contributed by atoms with Crippen LogP contribution in [0.2, 0.25) is 5.02 Å². The molecule has 0 aliphatic carbocycles. The normalized spacial score (nSPS) is 27.5. The number of ether oxygens (including phenoxy) is 1. The van der Waals surface area contributed by atoms with Gasteiger partial charge in [-0.15, -0.1) is 0 Å². The van der Waals surface area contributed by atoms with Crippen LogP contribution in [0.3, 0.4) is 0 Å². The molecule has 1 amide bonds. The Morgan fingerprint density at radius 1 is 1.25 bits per heavy atom. The number of primary amides is 1. The molecule has 40 heavy (non-hydrogen) atoms. The lowest BCUT2D eigenvalue weighted by molar-refractivity contribution is -0.124. The fourth-order valence-electron chi connectivity index (χ4n) is 6.35. The molecule has 3 N–H and O–H groups in total. The van der Waals surface area contributed by atoms with E-state index in [0.717, 1.165) is 5.56 Å². The quantitative estimate of drug-likeness (QED) is 0.453. The number of sulfone groups is 1. The second-order valence-corrected chi connectivity index (χ2v) is 13.6. The molecule has 0 spiro atoms. The van der Waals surface area contributed by atoms with Gasteiger partial charge in [-0.05, 0) is 24.0 Å². The van der Waals surface area contributed by atoms with Crippen LogP contribution in [0.25, 0.3) is 0 Å². The molecule has 8 nitrogen and oxygen atoms in total. The highest BCUT2D eigenvalue weighted by Crippen LogP contribution is 2.53. The lowest BCUT2D eigenvalue weighted by atomic mass is 9.76. The fourth-order valence-corrected chi connectivity index (χ4v) is 8.13. The number of fused-ring (bicyclic) bond motifs is 2. The number of nitrogens with zero attached hydrogens (tertiary/aromatic N) is 2. The second-order valence-electron chi connectivity index (χ2n) is 10.9. The Balaban J connectivity index is 1.41. The number of benzene rings is 2. The molecule has 0 radical (unpaired) electrons. The number of halogens is 3. The summed E-state index contributed by atoms with van der Waals surface area (Å²) in [4.78, 5) is 16.7. The minimum absolute atomic E-state index is 0.0390. The number of hydrogen-bond acceptors (Lipinski definition) is 6. The van der Waals surface area contributed by atoms with Crippen molar-refractivity contribution >= 4 is 27.3 Å². The van der Waals surface area contributed by atoms with Gasteiger partial charge in [0.05, 0.1) is 22.4 Å². The standard InChI is InChI=1S/C28H29ClF2N4O4S/c29-24-20(30)12-21-18(22(24)23-19(26(32)36)14-35-9-8-33-27(35)25(23)31)13-28(39-21,16-4-2-1-3-5-16)15-34-17-6-10-40(37,38)11-7-17/h1-5,8-9,12,17,19,23,25,34H,6-7,10-11,13-15H2,(H2,32,36)/t19?,23?,25?,28-/m1/s1. The third-order valence-electron chi connectivity index (χ3n) is 8.46. The summed E-state index contributed by atoms with van der Waals surface area (Å²) in [6, 6.07) is 10.6. The molecular formula is C28H29ClF2N4O4S. The first-order valence-electron chi connectivity index (χ1n) is 13.2. The van der Waals surface area contributed by atoms with E-state index in [-0.39, 0.29) is 52.7 Å². The summed E-state index contributed by atoms with van der Waals surface area (Å²) in [5.74, 6) is -3.09. The minimum atomic E-state index is -3.03. The topological polar surface area (TPSA) is 116 Å². The van der Waals surface area contributed by atoms with Crippen LogP contribution in [0.1, 0.15) is 47.4 Å². The molecule has 3 aliphatic heterocycles. The van der Waals surface area contributed by atoms with Crippen LogP contribution < -0.4 is 15.8 Å². The van der Waals surface area contributed by atoms with Gasteiger partial charge >= 0.3 is 0 Å². The van der Waals surface area contributed by atoms with Crippen LogP contribution >= 0.6 is 11.6 Å². The van der Waals surface area contributed by atoms with Crippen molar-refractivity contribution in [3.05, 3.63) is 82.1 Å². The number of amides is 1. The summed E-state index contributed by atoms with van der Waals surface area (Å²) in [5, 5.41) is 3.20. The number of alkyl halides is 1. The minimum Gasteiger partial charge on any atom is -0.480 e. The van der Waals surface area contributed by atoms with Gasteiger partial charge in [0.15, 0.2) is 11.8 Å². The summed E-state index contributed by atoms with van der Waals surface area (Å²) in [7, 11) is -3.03. The number of carbonyl (C=O) groups excluding carboxylic acids is 1. The Morgan fingerprint density at radius 2 is 1.98 bits per heavy atom. The molecule has 212 valence electrons. The molecule has 1 aromatic heterocycles. The van der Waals surface area contributed by atoms with Crippen LogP contribution in [0.4, 0.5) is 8.78 Å². The van der Waals surface area contributed by atoms with Crippen molar-refractivity contribution in [2.75, 3.05) is 18.1 Å². The van der Waals surface area contributed by atoms with Gasteiger partial charge in [0.2, 0.25) is 5.91 Å². The molecule has 2 aromatic carbocycles. The van der Waals surface area contributed by atoms with E-state index in [0.29, 0.717) is 24.9 Å². The van der Waals surface area contributed by atoms with Crippen molar-refractivity contribution in [1.82, 2.24) is 14.9 Å². The van der Waals surface area contributed by atoms with Crippen molar-refractivity contribution < 1.29 is 26.7 Å². The number of hydrogen-bond donors (Lipinski definition) is 2. The van der Waals surface area contributed by atoms with Gasteiger partial charge in [0.25, 0.3) is 0 Å². The van der Waals surface area contributed by atoms with Gasteiger partial charge in [-0.3, -0.25) is 4.79 Å². The average molecular weight is 591 g/mol. The highest BCUT2D eigenvalue weighted by atomic mass is 35.5. The third kappa shape index (κ3) is 4.67. The predicted molar refractivity (Wildman–Crippen MR) is 145 cm³/mol. The van der Waals surface area contributed by atoms with Crippen molar-refractivity contribution in [1.29, 1.82) is 0 Å². The van der Waals surface area contributed by atoms with Gasteiger partial charge in [-0.1, -0.05) is 41.9 Å². The van der Waals surface area contributed by atoms with Crippen LogP contribution in [-0.4, -0.2) is 48.0 Å². The first-order chi connectivity index (χ1) is 19.1. The predicted octanol–water partition coefficient (Wildman–Crippen LogP) is 3.58. The Bertz CT molecular complexity index is 1550. The van der Waals surface area contributed by atoms with E-state index in [4.69, 9.17) is 22.1 Å². The zero-order valence-electron chi connectivity index (χ0n) is 21.5. The van der Waals surface area contributed by atoms with Crippen molar-refractivity contribution in [2.24, 2.45) is 11.7 Å². The molecule has 3 aliphatic rings. The average Bonchev–Trinajstić information content (AvgIpc) is 3.55. The molecule has 12 heteroatoms. The molecule has 1 saturated heterocycles. The Hall–Kier alpha value is -3.02. The largest absolute Gasteiger partial charge is 0.480 e. The van der Waals surface area contributed by atoms with Gasteiger partial charge in [-0.25, -0.2) is 22.2 Å². The van der Waals surface area contributed by atoms with Crippen LogP contribution in [-0.2, 0) is 33.2 Å². The van der Waals surface area contributed by atoms with Crippen molar-refractivity contribution in [3.63, 3.8) is 0 Å². The number of aromatic nitrogens is 2. The first-order valence-corrected chi connectivity index (χ1v) is 15.4. The summed E-state index contributed by atoms with van der Waals surface area (Å²) >= 11 is 6.56. The van der Waals surface area contributed by atoms with E-state index in [1.807, 2.05) is 30.3 Å². The van der Waals surface area contributed by atoms with Gasteiger partial charge < -0.3 is 20.4 Å². The zero-order chi connectivity index (χ0) is 28.2. The highest BCUT2D eigenvalue weighted by molar-refractivity contribution is 7.91. The monoisotopic (exact) mass is 590 g/mol. The molecular weight excluding hydrogens is 562 g/mol. The molecule has 3 aromatic rings. The van der Waals surface area contributed by atoms with E-state index < -0.39 is 45.2 Å². The van der Waals surface area contributed by atoms with Gasteiger partial charge in [-0.2, -0.15) is 0 Å². The molecule has 0 bridgehead atoms. The summed E-state index contributed by atoms with van der Waals surface area (Å²) in [5.41, 5.74) is 6.24. The summed E-state index contributed by atoms with van der Waals surface area (Å²) in [6.07, 6.45) is 2.46. The maximum Gasteiger partial charge on any atom is 0.223 e. The van der Waals surface area contributed by atoms with E-state index in [1.54, 1.807) is 10.8 Å². The van der Waals surface area contributed by atoms with Crippen LogP contribution in [0.15, 0.2) is 48.8 Å². The molecule has 4 heterocycles. The van der Waals surface area contributed by atoms with Crippen molar-refractivity contribution in [2.45, 2.75) is 49.5 Å². The van der Waals surface area contributed by atoms with E-state index in [1.165, 1.54) is 12.3 Å². The smallest absolute Gasteiger partial charge is 0.223 e. The van der Waals surface area contributed by atoms with Gasteiger partial charge in [0.1, 0.15) is 27.2 Å². The maximum absolute atomic E-state index is 16.1. The summed E-state index contributed by atoms with van der Waals surface area (Å²) < 4.78 is 63.4. The first kappa shape index (κ1) is 27.2. The third-order valence-corrected chi connectivity index (χ3v) is 10.6. The number of nitrogens with two attached hydrogens (primary N) is 1. The highest BCUT2D eigenvalue weighted by Gasteiger charge is 2.49. The summed E-state index contributed by atoms with van der Waals surface area (Å²) in [6.45, 7) is 0.386. The van der Waals surface area contributed by atoms with Gasteiger partial charge in [0, 0.05) is 55.5 Å². The Labute approximate surface area is 235 Å². The van der Waals surface area contributed by atoms with Crippen molar-refractivity contribution in [3.8, 4) is 5.75 Å². The second kappa shape index (κ2) is 10.1. The Kier molecular flexibility index (Phi) is 6.87. The lowest BCUT2D eigenvalue weighted by Gasteiger charge is -2.35. The van der Waals surface area contributed by atoms with E-state index >= 15 is 8.78 Å². The zero-order valence-corrected chi connectivity index (χ0v) is 23.1. The number of carbonyl (C=O) groups is 1. The SMILES string of the molecule is NC(=O)C1Cn2ccnc2C(F)C1c1c(Cl)c(F)cc2c1C[C@@](CNC1CCS(=O)(=O)CC1)(c1ccccc1)O2. The van der Waals surface area contributed by atoms with E-state index in [9.17, 15) is 13.2 Å². The van der Waals surface area contributed by atoms with Crippen LogP contribution in [0.5, 0.6) is 5.75 Å². The van der Waals surface area contributed by atoms with Crippen LogP contribution in [0, 0.1) is 11.7 Å². The molecule has 6 rings (SSSR count).